The largest absolute Gasteiger partial charge is 0.463 e. The minimum atomic E-state index is 0.107. The Balaban J connectivity index is 2.53. The monoisotopic (exact) mass is 282 g/mol. The number of hydrogen-bond donors (Lipinski definition) is 1. The average molecular weight is 282 g/mol. The van der Waals surface area contributed by atoms with Gasteiger partial charge >= 0.3 is 0 Å². The minimum absolute atomic E-state index is 0.107. The minimum Gasteiger partial charge on any atom is -0.463 e. The molecular weight excluding hydrogens is 252 g/mol. The lowest BCUT2D eigenvalue weighted by molar-refractivity contribution is 0.119. The second-order valence-electron chi connectivity index (χ2n) is 6.53. The highest BCUT2D eigenvalue weighted by molar-refractivity contribution is 5.07. The van der Waals surface area contributed by atoms with Gasteiger partial charge in [0.15, 0.2) is 0 Å². The number of rotatable bonds is 8. The van der Waals surface area contributed by atoms with Gasteiger partial charge in [-0.15, -0.1) is 0 Å². The van der Waals surface area contributed by atoms with Crippen molar-refractivity contribution in [1.29, 1.82) is 0 Å². The van der Waals surface area contributed by atoms with Crippen LogP contribution in [0.15, 0.2) is 16.5 Å². The zero-order valence-electron chi connectivity index (χ0n) is 13.8. The lowest BCUT2D eigenvalue weighted by atomic mass is 10.1. The van der Waals surface area contributed by atoms with Crippen LogP contribution in [0, 0.1) is 0 Å². The molecule has 1 heterocycles. The van der Waals surface area contributed by atoms with Gasteiger partial charge in [0.2, 0.25) is 0 Å². The molecule has 0 saturated carbocycles. The first kappa shape index (κ1) is 17.2. The lowest BCUT2D eigenvalue weighted by Crippen LogP contribution is -2.35. The van der Waals surface area contributed by atoms with Crippen LogP contribution in [0.3, 0.4) is 0 Å². The average Bonchev–Trinajstić information content (AvgIpc) is 2.78. The van der Waals surface area contributed by atoms with Crippen LogP contribution in [0.4, 0.5) is 0 Å². The molecule has 0 fully saturated rings. The summed E-state index contributed by atoms with van der Waals surface area (Å²) in [5.74, 6) is 2.01. The van der Waals surface area contributed by atoms with Crippen LogP contribution in [-0.4, -0.2) is 36.7 Å². The van der Waals surface area contributed by atoms with Gasteiger partial charge in [0.1, 0.15) is 11.5 Å². The van der Waals surface area contributed by atoms with E-state index in [4.69, 9.17) is 9.15 Å². The van der Waals surface area contributed by atoms with E-state index in [-0.39, 0.29) is 5.54 Å². The van der Waals surface area contributed by atoms with Gasteiger partial charge < -0.3 is 14.5 Å². The molecule has 1 N–H and O–H groups in total. The number of nitrogens with one attached hydrogen (secondary N) is 1. The normalized spacial score (nSPS) is 12.6. The van der Waals surface area contributed by atoms with E-state index in [9.17, 15) is 0 Å². The third-order valence-electron chi connectivity index (χ3n) is 3.18. The third-order valence-corrected chi connectivity index (χ3v) is 3.18. The molecule has 0 aromatic carbocycles. The Hall–Kier alpha value is -0.840. The fourth-order valence-corrected chi connectivity index (χ4v) is 1.88. The highest BCUT2D eigenvalue weighted by atomic mass is 16.5. The molecular formula is C16H30N2O2. The van der Waals surface area contributed by atoms with E-state index in [0.29, 0.717) is 6.04 Å². The first-order chi connectivity index (χ1) is 9.31. The Morgan fingerprint density at radius 2 is 1.90 bits per heavy atom. The predicted octanol–water partition coefficient (Wildman–Crippen LogP) is 3.02. The quantitative estimate of drug-likeness (QED) is 0.795. The molecule has 4 nitrogen and oxygen atoms in total. The molecule has 0 radical (unpaired) electrons. The van der Waals surface area contributed by atoms with E-state index in [1.54, 1.807) is 7.11 Å². The Morgan fingerprint density at radius 3 is 2.45 bits per heavy atom. The molecule has 0 saturated heterocycles. The first-order valence-corrected chi connectivity index (χ1v) is 7.37. The molecule has 0 bridgehead atoms. The van der Waals surface area contributed by atoms with Crippen molar-refractivity contribution in [3.05, 3.63) is 23.7 Å². The Morgan fingerprint density at radius 1 is 1.25 bits per heavy atom. The summed E-state index contributed by atoms with van der Waals surface area (Å²) in [7, 11) is 1.74. The van der Waals surface area contributed by atoms with Crippen LogP contribution in [0.2, 0.25) is 0 Å². The predicted molar refractivity (Wildman–Crippen MR) is 82.7 cm³/mol. The molecule has 4 heteroatoms. The molecule has 0 amide bonds. The van der Waals surface area contributed by atoms with Gasteiger partial charge in [-0.2, -0.15) is 0 Å². The molecule has 1 aromatic rings. The summed E-state index contributed by atoms with van der Waals surface area (Å²) in [4.78, 5) is 2.35. The second kappa shape index (κ2) is 7.81. The van der Waals surface area contributed by atoms with E-state index in [1.807, 2.05) is 0 Å². The SMILES string of the molecule is COCCN(Cc1ccc(CNC(C)(C)C)o1)C(C)C. The summed E-state index contributed by atoms with van der Waals surface area (Å²) in [6.07, 6.45) is 0. The van der Waals surface area contributed by atoms with Crippen LogP contribution in [-0.2, 0) is 17.8 Å². The molecule has 0 spiro atoms. The summed E-state index contributed by atoms with van der Waals surface area (Å²) < 4.78 is 11.1. The molecule has 1 rings (SSSR count). The summed E-state index contributed by atoms with van der Waals surface area (Å²) in [6, 6.07) is 4.61. The zero-order chi connectivity index (χ0) is 15.2. The van der Waals surface area contributed by atoms with E-state index < -0.39 is 0 Å². The molecule has 0 aliphatic rings. The van der Waals surface area contributed by atoms with Crippen molar-refractivity contribution in [2.75, 3.05) is 20.3 Å². The number of furan rings is 1. The first-order valence-electron chi connectivity index (χ1n) is 7.37. The van der Waals surface area contributed by atoms with Crippen molar-refractivity contribution in [2.45, 2.75) is 59.3 Å². The standard InChI is InChI=1S/C16H30N2O2/c1-13(2)18(9-10-19-6)12-15-8-7-14(20-15)11-17-16(3,4)5/h7-8,13,17H,9-12H2,1-6H3. The fraction of sp³-hybridized carbons (Fsp3) is 0.750. The zero-order valence-corrected chi connectivity index (χ0v) is 13.8. The Kier molecular flexibility index (Phi) is 6.72. The van der Waals surface area contributed by atoms with Gasteiger partial charge in [0.25, 0.3) is 0 Å². The fourth-order valence-electron chi connectivity index (χ4n) is 1.88. The molecule has 0 aliphatic carbocycles. The second-order valence-corrected chi connectivity index (χ2v) is 6.53. The lowest BCUT2D eigenvalue weighted by Gasteiger charge is -2.25. The van der Waals surface area contributed by atoms with Crippen molar-refractivity contribution in [1.82, 2.24) is 10.2 Å². The Bertz CT molecular complexity index is 380. The molecule has 0 aliphatic heterocycles. The number of hydrogen-bond acceptors (Lipinski definition) is 4. The van der Waals surface area contributed by atoms with E-state index >= 15 is 0 Å². The smallest absolute Gasteiger partial charge is 0.118 e. The maximum Gasteiger partial charge on any atom is 0.118 e. The summed E-state index contributed by atoms with van der Waals surface area (Å²) in [6.45, 7) is 14.1. The summed E-state index contributed by atoms with van der Waals surface area (Å²) >= 11 is 0. The number of ether oxygens (including phenoxy) is 1. The van der Waals surface area contributed by atoms with Crippen molar-refractivity contribution in [3.63, 3.8) is 0 Å². The molecule has 1 aromatic heterocycles. The van der Waals surface area contributed by atoms with Gasteiger partial charge in [-0.3, -0.25) is 4.90 Å². The molecule has 20 heavy (non-hydrogen) atoms. The Labute approximate surface area is 123 Å². The van der Waals surface area contributed by atoms with Crippen LogP contribution >= 0.6 is 0 Å². The number of methoxy groups -OCH3 is 1. The maximum atomic E-state index is 5.89. The van der Waals surface area contributed by atoms with Gasteiger partial charge in [-0.05, 0) is 46.8 Å². The van der Waals surface area contributed by atoms with Crippen molar-refractivity contribution >= 4 is 0 Å². The maximum absolute atomic E-state index is 5.89. The third kappa shape index (κ3) is 6.55. The molecule has 0 atom stereocenters. The van der Waals surface area contributed by atoms with Crippen LogP contribution in [0.5, 0.6) is 0 Å². The number of nitrogens with zero attached hydrogens (tertiary/aromatic N) is 1. The van der Waals surface area contributed by atoms with Crippen molar-refractivity contribution < 1.29 is 9.15 Å². The van der Waals surface area contributed by atoms with Crippen molar-refractivity contribution in [3.8, 4) is 0 Å². The van der Waals surface area contributed by atoms with Crippen LogP contribution in [0.1, 0.15) is 46.1 Å². The summed E-state index contributed by atoms with van der Waals surface area (Å²) in [5, 5.41) is 3.43. The van der Waals surface area contributed by atoms with E-state index in [1.165, 1.54) is 0 Å². The van der Waals surface area contributed by atoms with Gasteiger partial charge in [-0.25, -0.2) is 0 Å². The van der Waals surface area contributed by atoms with Crippen LogP contribution < -0.4 is 5.32 Å². The van der Waals surface area contributed by atoms with E-state index in [2.05, 4.69) is 57.0 Å². The topological polar surface area (TPSA) is 37.6 Å². The van der Waals surface area contributed by atoms with Gasteiger partial charge in [0, 0.05) is 25.2 Å². The van der Waals surface area contributed by atoms with Crippen LogP contribution in [0.25, 0.3) is 0 Å². The molecule has 0 unspecified atom stereocenters. The molecule has 116 valence electrons. The van der Waals surface area contributed by atoms with Gasteiger partial charge in [-0.1, -0.05) is 0 Å². The highest BCUT2D eigenvalue weighted by Crippen LogP contribution is 2.13. The van der Waals surface area contributed by atoms with Gasteiger partial charge in [0.05, 0.1) is 19.7 Å². The summed E-state index contributed by atoms with van der Waals surface area (Å²) in [5.41, 5.74) is 0.107. The highest BCUT2D eigenvalue weighted by Gasteiger charge is 2.14. The van der Waals surface area contributed by atoms with Crippen molar-refractivity contribution in [2.24, 2.45) is 0 Å². The van der Waals surface area contributed by atoms with E-state index in [0.717, 1.165) is 37.8 Å².